The summed E-state index contributed by atoms with van der Waals surface area (Å²) in [4.78, 5) is 3.84. The summed E-state index contributed by atoms with van der Waals surface area (Å²) in [6.45, 7) is 12.6. The van der Waals surface area contributed by atoms with Gasteiger partial charge in [-0.1, -0.05) is 92.7 Å². The van der Waals surface area contributed by atoms with E-state index in [0.29, 0.717) is 11.3 Å². The fourth-order valence-corrected chi connectivity index (χ4v) is 7.75. The molecule has 2 heterocycles. The average Bonchev–Trinajstić information content (AvgIpc) is 3.67. The topological polar surface area (TPSA) is 38.0 Å². The van der Waals surface area contributed by atoms with Gasteiger partial charge in [-0.15, -0.1) is 0 Å². The van der Waals surface area contributed by atoms with E-state index in [1.165, 1.54) is 22.3 Å². The lowest BCUT2D eigenvalue weighted by atomic mass is 9.82. The molecule has 0 saturated carbocycles. The van der Waals surface area contributed by atoms with Crippen molar-refractivity contribution in [3.05, 3.63) is 149 Å². The molecule has 6 aromatic carbocycles. The second kappa shape index (κ2) is 8.96. The molecule has 0 radical (unpaired) electrons. The molecular weight excluding hydrogens is 548 g/mol. The minimum absolute atomic E-state index is 0.173. The molecule has 0 spiro atoms. The Labute approximate surface area is 260 Å². The Kier molecular flexibility index (Phi) is 5.06. The first-order chi connectivity index (χ1) is 22.0. The molecule has 210 valence electrons. The fourth-order valence-electron chi connectivity index (χ4n) is 7.75. The molecule has 0 saturated heterocycles. The number of aromatic nitrogens is 2. The lowest BCUT2D eigenvalue weighted by molar-refractivity contribution is 0.661. The average molecular weight is 575 g/mol. The first-order valence-corrected chi connectivity index (χ1v) is 15.1. The molecule has 4 heteroatoms. The first kappa shape index (κ1) is 25.4. The van der Waals surface area contributed by atoms with Crippen molar-refractivity contribution >= 4 is 49.3 Å². The predicted molar refractivity (Wildman–Crippen MR) is 184 cm³/mol. The van der Waals surface area contributed by atoms with Crippen LogP contribution in [-0.2, 0) is 5.41 Å². The minimum Gasteiger partial charge on any atom is -0.308 e. The summed E-state index contributed by atoms with van der Waals surface area (Å²) in [7, 11) is 0. The summed E-state index contributed by atoms with van der Waals surface area (Å²) in [5.41, 5.74) is 11.6. The van der Waals surface area contributed by atoms with Crippen LogP contribution >= 0.6 is 0 Å². The van der Waals surface area contributed by atoms with Crippen molar-refractivity contribution in [3.63, 3.8) is 0 Å². The molecule has 1 aliphatic carbocycles. The smallest absolute Gasteiger partial charge is 0.190 e. The van der Waals surface area contributed by atoms with Gasteiger partial charge < -0.3 is 9.13 Å². The molecule has 9 rings (SSSR count). The molecule has 45 heavy (non-hydrogen) atoms. The highest BCUT2D eigenvalue weighted by Crippen LogP contribution is 2.51. The van der Waals surface area contributed by atoms with Crippen molar-refractivity contribution in [3.8, 4) is 28.6 Å². The van der Waals surface area contributed by atoms with E-state index in [1.807, 2.05) is 18.2 Å². The van der Waals surface area contributed by atoms with E-state index < -0.39 is 0 Å². The van der Waals surface area contributed by atoms with Gasteiger partial charge in [0.05, 0.1) is 45.6 Å². The van der Waals surface area contributed by atoms with E-state index in [4.69, 9.17) is 6.57 Å². The molecule has 0 fully saturated rings. The van der Waals surface area contributed by atoms with Crippen LogP contribution in [0.4, 0.5) is 5.69 Å². The van der Waals surface area contributed by atoms with Gasteiger partial charge in [0.1, 0.15) is 6.07 Å². The Hall–Kier alpha value is -6.10. The molecule has 8 aromatic rings. The van der Waals surface area contributed by atoms with Gasteiger partial charge in [-0.2, -0.15) is 5.26 Å². The van der Waals surface area contributed by atoms with Gasteiger partial charge in [0, 0.05) is 27.0 Å². The highest BCUT2D eigenvalue weighted by molar-refractivity contribution is 6.13. The van der Waals surface area contributed by atoms with Crippen LogP contribution < -0.4 is 0 Å². The third kappa shape index (κ3) is 3.29. The second-order valence-corrected chi connectivity index (χ2v) is 12.4. The van der Waals surface area contributed by atoms with Gasteiger partial charge in [-0.25, -0.2) is 4.85 Å². The molecule has 1 aliphatic rings. The SMILES string of the molecule is [C-]#[N+]c1cc(C#N)c(-n2c3ccccc3c3ccccc32)c(-n2c3ccccc3c3cc4c(cc32)C(C)(C)c2ccccc2-4)c1. The molecule has 0 unspecified atom stereocenters. The maximum Gasteiger partial charge on any atom is 0.190 e. The third-order valence-electron chi connectivity index (χ3n) is 9.74. The summed E-state index contributed by atoms with van der Waals surface area (Å²) in [6, 6.07) is 44.7. The van der Waals surface area contributed by atoms with Crippen molar-refractivity contribution in [2.45, 2.75) is 19.3 Å². The summed E-state index contributed by atoms with van der Waals surface area (Å²) in [5.74, 6) is 0. The van der Waals surface area contributed by atoms with Crippen LogP contribution in [0, 0.1) is 17.9 Å². The number of fused-ring (bicyclic) bond motifs is 9. The molecular formula is C41H26N4. The van der Waals surface area contributed by atoms with Gasteiger partial charge >= 0.3 is 0 Å². The third-order valence-corrected chi connectivity index (χ3v) is 9.74. The molecule has 0 N–H and O–H groups in total. The molecule has 0 amide bonds. The number of hydrogen-bond donors (Lipinski definition) is 0. The minimum atomic E-state index is -0.173. The number of nitrogens with zero attached hydrogens (tertiary/aromatic N) is 4. The van der Waals surface area contributed by atoms with Gasteiger partial charge in [0.25, 0.3) is 0 Å². The molecule has 0 aliphatic heterocycles. The Balaban J connectivity index is 1.48. The molecule has 2 aromatic heterocycles. The fraction of sp³-hybridized carbons (Fsp3) is 0.0732. The summed E-state index contributed by atoms with van der Waals surface area (Å²) >= 11 is 0. The summed E-state index contributed by atoms with van der Waals surface area (Å²) in [6.07, 6.45) is 0. The maximum atomic E-state index is 10.6. The Morgan fingerprint density at radius 3 is 1.82 bits per heavy atom. The number of rotatable bonds is 2. The van der Waals surface area contributed by atoms with Crippen LogP contribution in [0.3, 0.4) is 0 Å². The number of hydrogen-bond acceptors (Lipinski definition) is 1. The number of nitriles is 1. The summed E-state index contributed by atoms with van der Waals surface area (Å²) < 4.78 is 4.48. The number of para-hydroxylation sites is 3. The van der Waals surface area contributed by atoms with Crippen LogP contribution in [-0.4, -0.2) is 9.13 Å². The number of benzene rings is 6. The van der Waals surface area contributed by atoms with Gasteiger partial charge in [-0.05, 0) is 64.7 Å². The maximum absolute atomic E-state index is 10.6. The van der Waals surface area contributed by atoms with Crippen molar-refractivity contribution in [1.29, 1.82) is 5.26 Å². The van der Waals surface area contributed by atoms with E-state index in [9.17, 15) is 5.26 Å². The standard InChI is InChI=1S/C41H26N4/c1-41(2)33-16-8-4-12-27(33)31-22-32-30-15-7-9-17-35(30)44(38(32)23-34(31)41)39-21-26(43-3)20-25(24-42)40(39)45-36-18-10-5-13-28(36)29-14-6-11-19-37(29)45/h4-23H,1-2H3. The Morgan fingerprint density at radius 1 is 0.600 bits per heavy atom. The zero-order valence-electron chi connectivity index (χ0n) is 24.8. The van der Waals surface area contributed by atoms with Crippen LogP contribution in [0.5, 0.6) is 0 Å². The highest BCUT2D eigenvalue weighted by Gasteiger charge is 2.36. The molecule has 4 nitrogen and oxygen atoms in total. The van der Waals surface area contributed by atoms with Crippen LogP contribution in [0.25, 0.3) is 71.0 Å². The van der Waals surface area contributed by atoms with Crippen molar-refractivity contribution in [2.24, 2.45) is 0 Å². The molecule has 0 atom stereocenters. The van der Waals surface area contributed by atoms with Crippen LogP contribution in [0.15, 0.2) is 121 Å². The van der Waals surface area contributed by atoms with E-state index >= 15 is 0 Å². The lowest BCUT2D eigenvalue weighted by Gasteiger charge is -2.22. The first-order valence-electron chi connectivity index (χ1n) is 15.1. The molecule has 0 bridgehead atoms. The highest BCUT2D eigenvalue weighted by atomic mass is 15.1. The normalized spacial score (nSPS) is 13.2. The van der Waals surface area contributed by atoms with Gasteiger partial charge in [0.2, 0.25) is 0 Å². The van der Waals surface area contributed by atoms with E-state index in [2.05, 4.69) is 131 Å². The Morgan fingerprint density at radius 2 is 1.18 bits per heavy atom. The van der Waals surface area contributed by atoms with Gasteiger partial charge in [0.15, 0.2) is 5.69 Å². The second-order valence-electron chi connectivity index (χ2n) is 12.4. The largest absolute Gasteiger partial charge is 0.308 e. The van der Waals surface area contributed by atoms with E-state index in [0.717, 1.165) is 55.0 Å². The van der Waals surface area contributed by atoms with Crippen molar-refractivity contribution in [1.82, 2.24) is 9.13 Å². The van der Waals surface area contributed by atoms with Crippen LogP contribution in [0.1, 0.15) is 30.5 Å². The van der Waals surface area contributed by atoms with Crippen molar-refractivity contribution in [2.75, 3.05) is 0 Å². The predicted octanol–water partition coefficient (Wildman–Crippen LogP) is 10.6. The monoisotopic (exact) mass is 574 g/mol. The quantitative estimate of drug-likeness (QED) is 0.189. The Bertz CT molecular complexity index is 2600. The summed E-state index contributed by atoms with van der Waals surface area (Å²) in [5, 5.41) is 15.2. The zero-order chi connectivity index (χ0) is 30.4. The van der Waals surface area contributed by atoms with Crippen molar-refractivity contribution < 1.29 is 0 Å². The van der Waals surface area contributed by atoms with Crippen LogP contribution in [0.2, 0.25) is 0 Å². The van der Waals surface area contributed by atoms with E-state index in [-0.39, 0.29) is 5.41 Å². The zero-order valence-corrected chi connectivity index (χ0v) is 24.8. The van der Waals surface area contributed by atoms with Gasteiger partial charge in [-0.3, -0.25) is 0 Å². The lowest BCUT2D eigenvalue weighted by Crippen LogP contribution is -2.15. The van der Waals surface area contributed by atoms with E-state index in [1.54, 1.807) is 6.07 Å².